The lowest BCUT2D eigenvalue weighted by atomic mass is 11.8. The minimum absolute atomic E-state index is 0.628. The van der Waals surface area contributed by atoms with Crippen LogP contribution in [-0.2, 0) is 22.5 Å². The van der Waals surface area contributed by atoms with Crippen LogP contribution < -0.4 is 14.7 Å². The first-order valence-corrected chi connectivity index (χ1v) is 7.84. The molecule has 14 heavy (non-hydrogen) atoms. The van der Waals surface area contributed by atoms with Gasteiger partial charge in [-0.25, -0.2) is 0 Å². The molecule has 1 N–H and O–H groups in total. The van der Waals surface area contributed by atoms with E-state index < -0.39 is 28.9 Å². The van der Waals surface area contributed by atoms with Crippen molar-refractivity contribution >= 4 is 23.0 Å². The predicted octanol–water partition coefficient (Wildman–Crippen LogP) is -1.83. The Morgan fingerprint density at radius 3 is 1.93 bits per heavy atom. The molecule has 0 saturated heterocycles. The van der Waals surface area contributed by atoms with Crippen molar-refractivity contribution in [3.63, 3.8) is 0 Å². The van der Waals surface area contributed by atoms with E-state index in [1.165, 1.54) is 0 Å². The molecule has 3 unspecified atom stereocenters. The molecular formula is C2H6O9P3-3. The van der Waals surface area contributed by atoms with Crippen molar-refractivity contribution in [2.24, 2.45) is 0 Å². The molecule has 0 aliphatic heterocycles. The second-order valence-electron chi connectivity index (χ2n) is 2.10. The zero-order valence-corrected chi connectivity index (χ0v) is 9.45. The van der Waals surface area contributed by atoms with E-state index in [2.05, 4.69) is 8.83 Å². The molecule has 9 nitrogen and oxygen atoms in total. The van der Waals surface area contributed by atoms with Gasteiger partial charge in [0.2, 0.25) is 0 Å². The van der Waals surface area contributed by atoms with E-state index in [1.54, 1.807) is 0 Å². The second kappa shape index (κ2) is 4.53. The first-order chi connectivity index (χ1) is 5.97. The fraction of sp³-hybridized carbons (Fsp3) is 1.00. The number of phosphoric acid groups is 1. The Morgan fingerprint density at radius 1 is 1.21 bits per heavy atom. The molecule has 0 aliphatic carbocycles. The summed E-state index contributed by atoms with van der Waals surface area (Å²) in [6.45, 7) is 0. The van der Waals surface area contributed by atoms with Crippen LogP contribution in [0.25, 0.3) is 0 Å². The molecule has 0 spiro atoms. The quantitative estimate of drug-likeness (QED) is 0.565. The van der Waals surface area contributed by atoms with Crippen LogP contribution in [-0.4, -0.2) is 17.9 Å². The predicted molar refractivity (Wildman–Crippen MR) is 38.0 cm³/mol. The van der Waals surface area contributed by atoms with Gasteiger partial charge in [0.05, 0.1) is 5.90 Å². The van der Waals surface area contributed by atoms with Gasteiger partial charge in [-0.2, -0.15) is 0 Å². The van der Waals surface area contributed by atoms with Crippen molar-refractivity contribution in [2.75, 3.05) is 13.0 Å². The summed E-state index contributed by atoms with van der Waals surface area (Å²) < 4.78 is 38.2. The van der Waals surface area contributed by atoms with Gasteiger partial charge in [-0.3, -0.25) is 8.88 Å². The van der Waals surface area contributed by atoms with Crippen molar-refractivity contribution in [2.45, 2.75) is 0 Å². The first-order valence-electron chi connectivity index (χ1n) is 2.88. The standard InChI is InChI=1S/C2H9O9P3/c1-10-14(8,9)11-13(6,7)2-12(3,4)5/h2H2,1H3,(H,6,7)(H,8,9)(H2,3,4,5)/p-3. The molecule has 86 valence electrons. The fourth-order valence-electron chi connectivity index (χ4n) is 0.430. The lowest BCUT2D eigenvalue weighted by molar-refractivity contribution is -0.229. The van der Waals surface area contributed by atoms with Crippen LogP contribution >= 0.6 is 23.0 Å². The Balaban J connectivity index is 4.60. The van der Waals surface area contributed by atoms with E-state index in [0.29, 0.717) is 7.11 Å². The third kappa shape index (κ3) is 6.84. The molecule has 3 atom stereocenters. The molecule has 12 heteroatoms. The van der Waals surface area contributed by atoms with Crippen molar-refractivity contribution in [1.82, 2.24) is 0 Å². The van der Waals surface area contributed by atoms with Crippen LogP contribution in [0.1, 0.15) is 0 Å². The molecule has 0 aromatic rings. The average Bonchev–Trinajstić information content (AvgIpc) is 1.78. The highest BCUT2D eigenvalue weighted by Gasteiger charge is 2.21. The highest BCUT2D eigenvalue weighted by Crippen LogP contribution is 2.59. The summed E-state index contributed by atoms with van der Waals surface area (Å²) in [5.41, 5.74) is 0. The third-order valence-corrected chi connectivity index (χ3v) is 5.86. The molecule has 0 aliphatic rings. The number of rotatable bonds is 5. The molecule has 0 amide bonds. The van der Waals surface area contributed by atoms with Crippen molar-refractivity contribution in [3.8, 4) is 0 Å². The minimum Gasteiger partial charge on any atom is -0.778 e. The summed E-state index contributed by atoms with van der Waals surface area (Å²) in [4.78, 5) is 39.3. The van der Waals surface area contributed by atoms with Gasteiger partial charge in [0.25, 0.3) is 7.82 Å². The zero-order valence-electron chi connectivity index (χ0n) is 6.76. The summed E-state index contributed by atoms with van der Waals surface area (Å²) in [6, 6.07) is 0. The van der Waals surface area contributed by atoms with Crippen LogP contribution in [0.2, 0.25) is 0 Å². The fourth-order valence-corrected chi connectivity index (χ4v) is 4.34. The third-order valence-electron chi connectivity index (χ3n) is 0.800. The van der Waals surface area contributed by atoms with Gasteiger partial charge in [0.15, 0.2) is 7.60 Å². The van der Waals surface area contributed by atoms with Crippen LogP contribution in [0.5, 0.6) is 0 Å². The van der Waals surface area contributed by atoms with Gasteiger partial charge < -0.3 is 33.2 Å². The lowest BCUT2D eigenvalue weighted by Crippen LogP contribution is -2.15. The highest BCUT2D eigenvalue weighted by atomic mass is 31.3. The maximum atomic E-state index is 10.6. The van der Waals surface area contributed by atoms with E-state index in [9.17, 15) is 28.4 Å². The van der Waals surface area contributed by atoms with E-state index in [4.69, 9.17) is 4.89 Å². The molecule has 0 bridgehead atoms. The molecule has 0 aromatic heterocycles. The summed E-state index contributed by atoms with van der Waals surface area (Å²) in [5, 5.41) is 0. The maximum Gasteiger partial charge on any atom is 0.272 e. The monoisotopic (exact) mass is 267 g/mol. The van der Waals surface area contributed by atoms with Gasteiger partial charge in [0.1, 0.15) is 7.60 Å². The minimum atomic E-state index is -5.23. The molecule has 0 aromatic carbocycles. The van der Waals surface area contributed by atoms with E-state index in [-0.39, 0.29) is 0 Å². The van der Waals surface area contributed by atoms with Gasteiger partial charge in [-0.05, 0) is 0 Å². The van der Waals surface area contributed by atoms with Crippen LogP contribution in [0, 0.1) is 0 Å². The SMILES string of the molecule is COP(=O)([O-])OP(=O)([O-])CP(=O)([O-])O. The smallest absolute Gasteiger partial charge is 0.272 e. The van der Waals surface area contributed by atoms with Crippen molar-refractivity contribution in [1.29, 1.82) is 0 Å². The van der Waals surface area contributed by atoms with Crippen LogP contribution in [0.15, 0.2) is 0 Å². The zero-order chi connectivity index (χ0) is 11.6. The van der Waals surface area contributed by atoms with Crippen molar-refractivity contribution in [3.05, 3.63) is 0 Å². The Kier molecular flexibility index (Phi) is 4.68. The molecule has 0 saturated carbocycles. The molecule has 0 radical (unpaired) electrons. The van der Waals surface area contributed by atoms with Gasteiger partial charge in [-0.15, -0.1) is 0 Å². The lowest BCUT2D eigenvalue weighted by Gasteiger charge is -2.32. The summed E-state index contributed by atoms with van der Waals surface area (Å²) in [7, 11) is -14.8. The second-order valence-corrected chi connectivity index (χ2v) is 7.64. The maximum absolute atomic E-state index is 10.6. The Hall–Kier alpha value is 0.450. The highest BCUT2D eigenvalue weighted by molar-refractivity contribution is 7.72. The van der Waals surface area contributed by atoms with Crippen LogP contribution in [0.3, 0.4) is 0 Å². The number of hydrogen-bond acceptors (Lipinski definition) is 8. The van der Waals surface area contributed by atoms with E-state index in [1.807, 2.05) is 0 Å². The van der Waals surface area contributed by atoms with Crippen LogP contribution in [0.4, 0.5) is 0 Å². The summed E-state index contributed by atoms with van der Waals surface area (Å²) >= 11 is 0. The molecule has 0 rings (SSSR count). The summed E-state index contributed by atoms with van der Waals surface area (Å²) in [6.07, 6.45) is 0. The average molecular weight is 267 g/mol. The topological polar surface area (TPSA) is 159 Å². The Morgan fingerprint density at radius 2 is 1.64 bits per heavy atom. The number of phosphoric ester groups is 1. The number of hydrogen-bond donors (Lipinski definition) is 1. The molecular weight excluding hydrogens is 261 g/mol. The Bertz CT molecular complexity index is 327. The van der Waals surface area contributed by atoms with Gasteiger partial charge in [0, 0.05) is 7.11 Å². The normalized spacial score (nSPS) is 24.6. The van der Waals surface area contributed by atoms with E-state index >= 15 is 0 Å². The Labute approximate surface area is 79.0 Å². The van der Waals surface area contributed by atoms with Gasteiger partial charge in [-0.1, -0.05) is 0 Å². The largest absolute Gasteiger partial charge is 0.778 e. The van der Waals surface area contributed by atoms with Gasteiger partial charge >= 0.3 is 0 Å². The molecule has 0 fully saturated rings. The van der Waals surface area contributed by atoms with E-state index in [0.717, 1.165) is 0 Å². The van der Waals surface area contributed by atoms with Crippen molar-refractivity contribution < 1.29 is 42.1 Å². The summed E-state index contributed by atoms with van der Waals surface area (Å²) in [5.74, 6) is -1.81. The first kappa shape index (κ1) is 14.5. The molecule has 0 heterocycles.